The maximum Gasteiger partial charge on any atom is 0.144 e. The van der Waals surface area contributed by atoms with E-state index in [0.29, 0.717) is 17.8 Å². The standard InChI is InChI=1S/C18H21N5O2S/c1-12(23(2)14-5-3-13(4-6-14)10-26(24)25)9-16(19)17-15-7-8-20-18(15)22-11-21-17/h3-8,11-12,19,26H,9-10H2,1-2H3,(H,20,21,22)/t12-/m1/s1. The molecule has 136 valence electrons. The Morgan fingerprint density at radius 1 is 1.23 bits per heavy atom. The Morgan fingerprint density at radius 2 is 1.96 bits per heavy atom. The summed E-state index contributed by atoms with van der Waals surface area (Å²) in [4.78, 5) is 13.5. The van der Waals surface area contributed by atoms with E-state index in [-0.39, 0.29) is 11.8 Å². The number of benzene rings is 1. The van der Waals surface area contributed by atoms with Crippen molar-refractivity contribution in [3.63, 3.8) is 0 Å². The van der Waals surface area contributed by atoms with Crippen LogP contribution in [0.15, 0.2) is 42.9 Å². The van der Waals surface area contributed by atoms with Crippen molar-refractivity contribution in [1.82, 2.24) is 15.0 Å². The topological polar surface area (TPSA) is 103 Å². The van der Waals surface area contributed by atoms with E-state index in [1.165, 1.54) is 6.33 Å². The molecule has 0 saturated carbocycles. The first kappa shape index (κ1) is 18.1. The molecule has 0 aliphatic rings. The number of aromatic amines is 1. The highest BCUT2D eigenvalue weighted by Gasteiger charge is 2.16. The third-order valence-corrected chi connectivity index (χ3v) is 5.08. The fraction of sp³-hybridized carbons (Fsp3) is 0.278. The Bertz CT molecular complexity index is 986. The molecule has 2 aromatic heterocycles. The lowest BCUT2D eigenvalue weighted by Crippen LogP contribution is -2.31. The Balaban J connectivity index is 1.71. The van der Waals surface area contributed by atoms with Gasteiger partial charge in [-0.25, -0.2) is 18.4 Å². The van der Waals surface area contributed by atoms with E-state index in [2.05, 4.69) is 19.9 Å². The lowest BCUT2D eigenvalue weighted by Gasteiger charge is -2.27. The summed E-state index contributed by atoms with van der Waals surface area (Å²) >= 11 is 0. The lowest BCUT2D eigenvalue weighted by atomic mass is 10.0. The third-order valence-electron chi connectivity index (χ3n) is 4.46. The van der Waals surface area contributed by atoms with Crippen LogP contribution in [0, 0.1) is 5.41 Å². The van der Waals surface area contributed by atoms with Gasteiger partial charge < -0.3 is 15.3 Å². The molecule has 3 aromatic rings. The van der Waals surface area contributed by atoms with Crippen LogP contribution in [0.1, 0.15) is 24.6 Å². The predicted octanol–water partition coefficient (Wildman–Crippen LogP) is 2.35. The zero-order chi connectivity index (χ0) is 18.7. The van der Waals surface area contributed by atoms with Gasteiger partial charge in [0.05, 0.1) is 17.2 Å². The molecule has 0 bridgehead atoms. The van der Waals surface area contributed by atoms with Gasteiger partial charge in [0.2, 0.25) is 0 Å². The number of aromatic nitrogens is 3. The van der Waals surface area contributed by atoms with Crippen LogP contribution in [-0.2, 0) is 16.5 Å². The number of nitrogens with zero attached hydrogens (tertiary/aromatic N) is 3. The minimum absolute atomic E-state index is 0.0555. The van der Waals surface area contributed by atoms with E-state index in [0.717, 1.165) is 22.3 Å². The van der Waals surface area contributed by atoms with E-state index in [1.807, 2.05) is 44.3 Å². The summed E-state index contributed by atoms with van der Waals surface area (Å²) in [5.74, 6) is 0.0555. The van der Waals surface area contributed by atoms with Crippen molar-refractivity contribution in [2.24, 2.45) is 0 Å². The van der Waals surface area contributed by atoms with Crippen LogP contribution in [0.3, 0.4) is 0 Å². The molecule has 0 radical (unpaired) electrons. The van der Waals surface area contributed by atoms with Crippen LogP contribution in [0.4, 0.5) is 5.69 Å². The highest BCUT2D eigenvalue weighted by molar-refractivity contribution is 7.71. The normalized spacial score (nSPS) is 12.4. The molecule has 0 aliphatic heterocycles. The second-order valence-corrected chi connectivity index (χ2v) is 7.24. The molecule has 26 heavy (non-hydrogen) atoms. The number of rotatable bonds is 7. The Morgan fingerprint density at radius 3 is 2.65 bits per heavy atom. The highest BCUT2D eigenvalue weighted by atomic mass is 32.2. The molecule has 2 N–H and O–H groups in total. The predicted molar refractivity (Wildman–Crippen MR) is 104 cm³/mol. The van der Waals surface area contributed by atoms with Crippen molar-refractivity contribution in [2.75, 3.05) is 11.9 Å². The molecule has 0 aliphatic carbocycles. The molecule has 1 aromatic carbocycles. The van der Waals surface area contributed by atoms with Crippen molar-refractivity contribution in [1.29, 1.82) is 5.41 Å². The van der Waals surface area contributed by atoms with Crippen molar-refractivity contribution in [2.45, 2.75) is 25.1 Å². The molecule has 0 spiro atoms. The first-order valence-corrected chi connectivity index (χ1v) is 9.61. The summed E-state index contributed by atoms with van der Waals surface area (Å²) in [6, 6.07) is 9.42. The molecule has 1 atom stereocenters. The molecule has 0 fully saturated rings. The zero-order valence-corrected chi connectivity index (χ0v) is 15.5. The number of thiol groups is 1. The molecular formula is C18H21N5O2S. The van der Waals surface area contributed by atoms with Gasteiger partial charge in [-0.1, -0.05) is 12.1 Å². The first-order chi connectivity index (χ1) is 12.5. The van der Waals surface area contributed by atoms with Crippen molar-refractivity contribution < 1.29 is 8.42 Å². The monoisotopic (exact) mass is 371 g/mol. The van der Waals surface area contributed by atoms with Crippen molar-refractivity contribution in [3.8, 4) is 0 Å². The molecule has 3 rings (SSSR count). The third kappa shape index (κ3) is 3.91. The maximum atomic E-state index is 10.8. The first-order valence-electron chi connectivity index (χ1n) is 8.25. The van der Waals surface area contributed by atoms with Crippen LogP contribution in [0.25, 0.3) is 11.0 Å². The van der Waals surface area contributed by atoms with Gasteiger partial charge in [0.15, 0.2) is 0 Å². The number of anilines is 1. The molecule has 0 unspecified atom stereocenters. The van der Waals surface area contributed by atoms with Gasteiger partial charge in [-0.15, -0.1) is 0 Å². The number of fused-ring (bicyclic) bond motifs is 1. The van der Waals surface area contributed by atoms with Crippen molar-refractivity contribution >= 4 is 33.1 Å². The summed E-state index contributed by atoms with van der Waals surface area (Å²) < 4.78 is 21.6. The largest absolute Gasteiger partial charge is 0.371 e. The van der Waals surface area contributed by atoms with Gasteiger partial charge in [-0.05, 0) is 30.7 Å². The molecule has 0 saturated heterocycles. The minimum Gasteiger partial charge on any atom is -0.371 e. The van der Waals surface area contributed by atoms with Gasteiger partial charge in [-0.3, -0.25) is 0 Å². The van der Waals surface area contributed by atoms with E-state index < -0.39 is 10.7 Å². The van der Waals surface area contributed by atoms with Crippen LogP contribution in [0.2, 0.25) is 0 Å². The fourth-order valence-corrected chi connectivity index (χ4v) is 3.39. The van der Waals surface area contributed by atoms with Crippen LogP contribution >= 0.6 is 0 Å². The summed E-state index contributed by atoms with van der Waals surface area (Å²) in [5.41, 5.74) is 3.58. The van der Waals surface area contributed by atoms with Gasteiger partial charge in [0.1, 0.15) is 22.7 Å². The van der Waals surface area contributed by atoms with Crippen molar-refractivity contribution in [3.05, 3.63) is 54.1 Å². The number of H-pyrrole nitrogens is 1. The highest BCUT2D eigenvalue weighted by Crippen LogP contribution is 2.20. The summed E-state index contributed by atoms with van der Waals surface area (Å²) in [6.45, 7) is 2.05. The van der Waals surface area contributed by atoms with Crippen LogP contribution < -0.4 is 4.90 Å². The second-order valence-electron chi connectivity index (χ2n) is 6.26. The Hall–Kier alpha value is -2.74. The average Bonchev–Trinajstić information content (AvgIpc) is 3.09. The summed E-state index contributed by atoms with van der Waals surface area (Å²) in [5, 5.41) is 9.30. The van der Waals surface area contributed by atoms with Crippen LogP contribution in [0.5, 0.6) is 0 Å². The molecule has 2 heterocycles. The Labute approximate surface area is 153 Å². The lowest BCUT2D eigenvalue weighted by molar-refractivity contribution is 0.614. The van der Waals surface area contributed by atoms with Gasteiger partial charge in [0.25, 0.3) is 0 Å². The molecule has 8 heteroatoms. The van der Waals surface area contributed by atoms with E-state index >= 15 is 0 Å². The van der Waals surface area contributed by atoms with Gasteiger partial charge in [-0.2, -0.15) is 0 Å². The average molecular weight is 371 g/mol. The minimum atomic E-state index is -2.42. The number of hydrogen-bond donors (Lipinski definition) is 3. The molecule has 0 amide bonds. The fourth-order valence-electron chi connectivity index (χ4n) is 2.88. The second kappa shape index (κ2) is 7.65. The van der Waals surface area contributed by atoms with Gasteiger partial charge >= 0.3 is 0 Å². The quantitative estimate of drug-likeness (QED) is 0.437. The summed E-state index contributed by atoms with van der Waals surface area (Å²) in [6.07, 6.45) is 3.79. The maximum absolute atomic E-state index is 10.8. The van der Waals surface area contributed by atoms with E-state index in [4.69, 9.17) is 5.41 Å². The number of hydrogen-bond acceptors (Lipinski definition) is 6. The van der Waals surface area contributed by atoms with E-state index in [9.17, 15) is 8.42 Å². The molecular weight excluding hydrogens is 350 g/mol. The SMILES string of the molecule is C[C@H](CC(=N)c1ncnc2[nH]ccc12)N(C)c1ccc(C[SH](=O)=O)cc1. The van der Waals surface area contributed by atoms with Crippen LogP contribution in [-0.4, -0.2) is 42.2 Å². The van der Waals surface area contributed by atoms with Gasteiger partial charge in [0, 0.05) is 36.8 Å². The number of nitrogens with one attached hydrogen (secondary N) is 2. The summed E-state index contributed by atoms with van der Waals surface area (Å²) in [7, 11) is -0.453. The Kier molecular flexibility index (Phi) is 5.32. The zero-order valence-electron chi connectivity index (χ0n) is 14.6. The smallest absolute Gasteiger partial charge is 0.144 e. The van der Waals surface area contributed by atoms with E-state index in [1.54, 1.807) is 6.20 Å². The molecule has 7 nitrogen and oxygen atoms in total.